The van der Waals surface area contributed by atoms with Crippen molar-refractivity contribution in [3.8, 4) is 0 Å². The van der Waals surface area contributed by atoms with Crippen molar-refractivity contribution in [2.45, 2.75) is 19.5 Å². The van der Waals surface area contributed by atoms with Gasteiger partial charge in [0.15, 0.2) is 5.11 Å². The van der Waals surface area contributed by atoms with E-state index < -0.39 is 0 Å². The summed E-state index contributed by atoms with van der Waals surface area (Å²) in [5.41, 5.74) is 2.49. The lowest BCUT2D eigenvalue weighted by molar-refractivity contribution is 0.278. The first-order valence-electron chi connectivity index (χ1n) is 8.22. The fourth-order valence-corrected chi connectivity index (χ4v) is 4.01. The molecule has 3 nitrogen and oxygen atoms in total. The average molecular weight is 380 g/mol. The van der Waals surface area contributed by atoms with Crippen molar-refractivity contribution in [1.82, 2.24) is 15.1 Å². The van der Waals surface area contributed by atoms with Crippen LogP contribution in [0.15, 0.2) is 41.1 Å². The fourth-order valence-electron chi connectivity index (χ4n) is 2.90. The van der Waals surface area contributed by atoms with Gasteiger partial charge in [-0.25, -0.2) is 0 Å². The molecule has 1 saturated heterocycles. The largest absolute Gasteiger partial charge is 0.358 e. The Morgan fingerprint density at radius 3 is 2.83 bits per heavy atom. The number of benzene rings is 1. The van der Waals surface area contributed by atoms with Gasteiger partial charge in [0.1, 0.15) is 0 Å². The summed E-state index contributed by atoms with van der Waals surface area (Å²) in [6.45, 7) is 5.86. The molecule has 1 fully saturated rings. The van der Waals surface area contributed by atoms with E-state index >= 15 is 0 Å². The zero-order valence-corrected chi connectivity index (χ0v) is 16.0. The van der Waals surface area contributed by atoms with Crippen molar-refractivity contribution in [3.63, 3.8) is 0 Å². The third-order valence-electron chi connectivity index (χ3n) is 4.25. The molecule has 0 unspecified atom stereocenters. The van der Waals surface area contributed by atoms with Crippen LogP contribution in [0.25, 0.3) is 0 Å². The Bertz CT molecular complexity index is 660. The summed E-state index contributed by atoms with van der Waals surface area (Å²) in [7, 11) is 0. The molecule has 2 aromatic rings. The van der Waals surface area contributed by atoms with E-state index in [2.05, 4.69) is 31.9 Å². The number of nitrogens with zero attached hydrogens (tertiary/aromatic N) is 2. The lowest BCUT2D eigenvalue weighted by Crippen LogP contribution is -2.41. The molecule has 1 aromatic heterocycles. The monoisotopic (exact) mass is 379 g/mol. The van der Waals surface area contributed by atoms with Crippen molar-refractivity contribution in [2.24, 2.45) is 0 Å². The zero-order valence-electron chi connectivity index (χ0n) is 13.6. The van der Waals surface area contributed by atoms with E-state index in [1.54, 1.807) is 11.3 Å². The second kappa shape index (κ2) is 8.81. The highest BCUT2D eigenvalue weighted by Gasteiger charge is 2.17. The van der Waals surface area contributed by atoms with Gasteiger partial charge in [-0.3, -0.25) is 4.90 Å². The Morgan fingerprint density at radius 1 is 1.17 bits per heavy atom. The third kappa shape index (κ3) is 4.93. The Balaban J connectivity index is 1.48. The van der Waals surface area contributed by atoms with Crippen LogP contribution < -0.4 is 5.32 Å². The Labute approximate surface area is 158 Å². The summed E-state index contributed by atoms with van der Waals surface area (Å²) in [6.07, 6.45) is 1.14. The van der Waals surface area contributed by atoms with E-state index in [-0.39, 0.29) is 0 Å². The number of thiophene rings is 1. The SMILES string of the molecule is S=C(NCc1ccccc1Cl)N1CCCN(Cc2ccsc2)CC1. The van der Waals surface area contributed by atoms with Gasteiger partial charge in [0.05, 0.1) is 0 Å². The van der Waals surface area contributed by atoms with Crippen LogP contribution in [0.1, 0.15) is 17.5 Å². The third-order valence-corrected chi connectivity index (χ3v) is 5.75. The van der Waals surface area contributed by atoms with E-state index in [4.69, 9.17) is 23.8 Å². The first-order chi connectivity index (χ1) is 11.7. The Kier molecular flexibility index (Phi) is 6.49. The van der Waals surface area contributed by atoms with Gasteiger partial charge in [-0.05, 0) is 52.7 Å². The summed E-state index contributed by atoms with van der Waals surface area (Å²) in [5, 5.41) is 9.34. The minimum absolute atomic E-state index is 0.674. The van der Waals surface area contributed by atoms with E-state index in [0.717, 1.165) is 54.8 Å². The smallest absolute Gasteiger partial charge is 0.169 e. The highest BCUT2D eigenvalue weighted by atomic mass is 35.5. The maximum Gasteiger partial charge on any atom is 0.169 e. The normalized spacial score (nSPS) is 16.0. The average Bonchev–Trinajstić information content (AvgIpc) is 2.98. The van der Waals surface area contributed by atoms with E-state index in [0.29, 0.717) is 6.54 Å². The van der Waals surface area contributed by atoms with Crippen molar-refractivity contribution in [1.29, 1.82) is 0 Å². The van der Waals surface area contributed by atoms with Gasteiger partial charge in [0.25, 0.3) is 0 Å². The van der Waals surface area contributed by atoms with Crippen LogP contribution in [-0.4, -0.2) is 41.1 Å². The van der Waals surface area contributed by atoms with Crippen LogP contribution in [0, 0.1) is 0 Å². The number of hydrogen-bond acceptors (Lipinski definition) is 3. The lowest BCUT2D eigenvalue weighted by atomic mass is 10.2. The van der Waals surface area contributed by atoms with Crippen molar-refractivity contribution in [2.75, 3.05) is 26.2 Å². The highest BCUT2D eigenvalue weighted by molar-refractivity contribution is 7.80. The molecule has 128 valence electrons. The second-order valence-electron chi connectivity index (χ2n) is 6.00. The summed E-state index contributed by atoms with van der Waals surface area (Å²) >= 11 is 13.6. The van der Waals surface area contributed by atoms with Gasteiger partial charge in [-0.15, -0.1) is 0 Å². The van der Waals surface area contributed by atoms with Crippen LogP contribution in [0.5, 0.6) is 0 Å². The van der Waals surface area contributed by atoms with Crippen LogP contribution in [0.4, 0.5) is 0 Å². The summed E-state index contributed by atoms with van der Waals surface area (Å²) in [6, 6.07) is 10.1. The topological polar surface area (TPSA) is 18.5 Å². The number of thiocarbonyl (C=S) groups is 1. The molecule has 0 radical (unpaired) electrons. The van der Waals surface area contributed by atoms with Crippen LogP contribution in [-0.2, 0) is 13.1 Å². The minimum atomic E-state index is 0.674. The standard InChI is InChI=1S/C18H22ClN3S2/c19-17-5-2-1-4-16(17)12-20-18(23)22-8-3-7-21(9-10-22)13-15-6-11-24-14-15/h1-2,4-6,11,14H,3,7-10,12-13H2,(H,20,23). The quantitative estimate of drug-likeness (QED) is 0.809. The molecule has 3 rings (SSSR count). The molecule has 1 aliphatic rings. The molecule has 0 bridgehead atoms. The molecule has 0 atom stereocenters. The summed E-state index contributed by atoms with van der Waals surface area (Å²) in [5.74, 6) is 0. The van der Waals surface area contributed by atoms with Gasteiger partial charge in [-0.2, -0.15) is 11.3 Å². The van der Waals surface area contributed by atoms with Gasteiger partial charge in [0.2, 0.25) is 0 Å². The molecular formula is C18H22ClN3S2. The predicted octanol–water partition coefficient (Wildman–Crippen LogP) is 3.98. The first-order valence-corrected chi connectivity index (χ1v) is 9.95. The zero-order chi connectivity index (χ0) is 16.8. The van der Waals surface area contributed by atoms with Gasteiger partial charge >= 0.3 is 0 Å². The molecule has 0 aliphatic carbocycles. The molecule has 2 heterocycles. The van der Waals surface area contributed by atoms with Crippen molar-refractivity contribution in [3.05, 3.63) is 57.2 Å². The van der Waals surface area contributed by atoms with Crippen molar-refractivity contribution < 1.29 is 0 Å². The van der Waals surface area contributed by atoms with Crippen LogP contribution in [0.2, 0.25) is 5.02 Å². The molecule has 1 N–H and O–H groups in total. The molecule has 0 saturated carbocycles. The second-order valence-corrected chi connectivity index (χ2v) is 7.57. The van der Waals surface area contributed by atoms with Gasteiger partial charge < -0.3 is 10.2 Å². The molecule has 1 aromatic carbocycles. The lowest BCUT2D eigenvalue weighted by Gasteiger charge is -2.24. The molecule has 24 heavy (non-hydrogen) atoms. The first kappa shape index (κ1) is 17.7. The van der Waals surface area contributed by atoms with E-state index in [1.165, 1.54) is 5.56 Å². The van der Waals surface area contributed by atoms with E-state index in [1.807, 2.05) is 24.3 Å². The minimum Gasteiger partial charge on any atom is -0.358 e. The molecule has 0 amide bonds. The number of nitrogens with one attached hydrogen (secondary N) is 1. The maximum absolute atomic E-state index is 6.20. The Morgan fingerprint density at radius 2 is 2.04 bits per heavy atom. The summed E-state index contributed by atoms with van der Waals surface area (Å²) < 4.78 is 0. The Hall–Kier alpha value is -1.14. The number of halogens is 1. The van der Waals surface area contributed by atoms with Gasteiger partial charge in [-0.1, -0.05) is 29.8 Å². The molecule has 6 heteroatoms. The fraction of sp³-hybridized carbons (Fsp3) is 0.389. The van der Waals surface area contributed by atoms with Gasteiger partial charge in [0, 0.05) is 44.3 Å². The number of hydrogen-bond donors (Lipinski definition) is 1. The van der Waals surface area contributed by atoms with E-state index in [9.17, 15) is 0 Å². The molecule has 0 spiro atoms. The molecular weight excluding hydrogens is 358 g/mol. The predicted molar refractivity (Wildman–Crippen MR) is 107 cm³/mol. The maximum atomic E-state index is 6.20. The van der Waals surface area contributed by atoms with Crippen molar-refractivity contribution >= 4 is 40.3 Å². The van der Waals surface area contributed by atoms with Crippen LogP contribution >= 0.6 is 35.2 Å². The van der Waals surface area contributed by atoms with Crippen LogP contribution in [0.3, 0.4) is 0 Å². The summed E-state index contributed by atoms with van der Waals surface area (Å²) in [4.78, 5) is 4.79. The highest BCUT2D eigenvalue weighted by Crippen LogP contribution is 2.15. The number of rotatable bonds is 4. The molecule has 1 aliphatic heterocycles.